The number of fused-ring (bicyclic) bond motifs is 1. The van der Waals surface area contributed by atoms with Crippen molar-refractivity contribution in [3.63, 3.8) is 0 Å². The number of hydrogen-bond donors (Lipinski definition) is 0. The molecule has 0 amide bonds. The van der Waals surface area contributed by atoms with Gasteiger partial charge >= 0.3 is 0 Å². The van der Waals surface area contributed by atoms with Crippen molar-refractivity contribution in [1.82, 2.24) is 4.31 Å². The predicted octanol–water partition coefficient (Wildman–Crippen LogP) is 2.51. The summed E-state index contributed by atoms with van der Waals surface area (Å²) >= 11 is 0. The first-order valence-electron chi connectivity index (χ1n) is 7.15. The quantitative estimate of drug-likeness (QED) is 0.840. The highest BCUT2D eigenvalue weighted by Gasteiger charge is 2.42. The molecule has 20 heavy (non-hydrogen) atoms. The Labute approximate surface area is 120 Å². The largest absolute Gasteiger partial charge is 0.243 e. The van der Waals surface area contributed by atoms with Gasteiger partial charge in [-0.3, -0.25) is 0 Å². The van der Waals surface area contributed by atoms with Crippen molar-refractivity contribution in [2.75, 3.05) is 6.54 Å². The van der Waals surface area contributed by atoms with Gasteiger partial charge in [0.2, 0.25) is 10.0 Å². The van der Waals surface area contributed by atoms with Gasteiger partial charge in [0, 0.05) is 12.6 Å². The van der Waals surface area contributed by atoms with Crippen molar-refractivity contribution in [2.24, 2.45) is 5.92 Å². The zero-order valence-electron chi connectivity index (χ0n) is 11.3. The van der Waals surface area contributed by atoms with Crippen LogP contribution in [0.25, 0.3) is 0 Å². The minimum atomic E-state index is -3.46. The van der Waals surface area contributed by atoms with E-state index < -0.39 is 10.0 Å². The van der Waals surface area contributed by atoms with Gasteiger partial charge in [0.05, 0.1) is 16.5 Å². The fourth-order valence-electron chi connectivity index (χ4n) is 3.52. The third-order valence-electron chi connectivity index (χ3n) is 4.53. The second kappa shape index (κ2) is 5.19. The average Bonchev–Trinajstić information content (AvgIpc) is 2.92. The van der Waals surface area contributed by atoms with Crippen molar-refractivity contribution in [3.8, 4) is 6.07 Å². The molecule has 2 unspecified atom stereocenters. The molecule has 0 aromatic heterocycles. The first-order valence-corrected chi connectivity index (χ1v) is 8.59. The van der Waals surface area contributed by atoms with E-state index in [1.54, 1.807) is 22.5 Å². The van der Waals surface area contributed by atoms with Crippen molar-refractivity contribution < 1.29 is 8.42 Å². The lowest BCUT2D eigenvalue weighted by Crippen LogP contribution is -2.39. The monoisotopic (exact) mass is 290 g/mol. The second-order valence-corrected chi connectivity index (χ2v) is 7.55. The van der Waals surface area contributed by atoms with Gasteiger partial charge in [-0.1, -0.05) is 18.9 Å². The van der Waals surface area contributed by atoms with Crippen molar-refractivity contribution in [2.45, 2.75) is 43.0 Å². The summed E-state index contributed by atoms with van der Waals surface area (Å²) < 4.78 is 27.2. The molecule has 1 saturated heterocycles. The predicted molar refractivity (Wildman–Crippen MR) is 75.4 cm³/mol. The van der Waals surface area contributed by atoms with Crippen LogP contribution in [0.15, 0.2) is 29.2 Å². The maximum atomic E-state index is 12.8. The van der Waals surface area contributed by atoms with Crippen LogP contribution in [-0.4, -0.2) is 25.3 Å². The van der Waals surface area contributed by atoms with E-state index in [0.29, 0.717) is 18.0 Å². The molecule has 0 radical (unpaired) electrons. The third kappa shape index (κ3) is 2.23. The zero-order chi connectivity index (χ0) is 14.2. The topological polar surface area (TPSA) is 61.2 Å². The van der Waals surface area contributed by atoms with E-state index in [1.807, 2.05) is 6.07 Å². The van der Waals surface area contributed by atoms with Crippen LogP contribution in [0.4, 0.5) is 0 Å². The molecule has 2 fully saturated rings. The Bertz CT molecular complexity index is 648. The lowest BCUT2D eigenvalue weighted by Gasteiger charge is -2.31. The summed E-state index contributed by atoms with van der Waals surface area (Å²) in [6.07, 6.45) is 5.43. The Kier molecular flexibility index (Phi) is 3.53. The van der Waals surface area contributed by atoms with Crippen LogP contribution in [0, 0.1) is 17.2 Å². The van der Waals surface area contributed by atoms with Crippen molar-refractivity contribution in [3.05, 3.63) is 29.8 Å². The van der Waals surface area contributed by atoms with E-state index in [0.717, 1.165) is 25.7 Å². The molecule has 4 nitrogen and oxygen atoms in total. The van der Waals surface area contributed by atoms with Gasteiger partial charge in [0.15, 0.2) is 0 Å². The summed E-state index contributed by atoms with van der Waals surface area (Å²) in [6.45, 7) is 0.619. The molecule has 1 heterocycles. The van der Waals surface area contributed by atoms with Crippen LogP contribution in [-0.2, 0) is 10.0 Å². The fourth-order valence-corrected chi connectivity index (χ4v) is 5.30. The van der Waals surface area contributed by atoms with E-state index in [-0.39, 0.29) is 10.9 Å². The highest BCUT2D eigenvalue weighted by atomic mass is 32.2. The smallest absolute Gasteiger partial charge is 0.207 e. The van der Waals surface area contributed by atoms with Gasteiger partial charge in [-0.05, 0) is 43.4 Å². The molecule has 0 N–H and O–H groups in total. The van der Waals surface area contributed by atoms with E-state index in [2.05, 4.69) is 0 Å². The average molecular weight is 290 g/mol. The Morgan fingerprint density at radius 3 is 2.80 bits per heavy atom. The number of rotatable bonds is 2. The van der Waals surface area contributed by atoms with E-state index >= 15 is 0 Å². The molecule has 0 spiro atoms. The minimum Gasteiger partial charge on any atom is -0.207 e. The first-order chi connectivity index (χ1) is 9.63. The van der Waals surface area contributed by atoms with Crippen LogP contribution < -0.4 is 0 Å². The lowest BCUT2D eigenvalue weighted by atomic mass is 9.86. The molecule has 5 heteroatoms. The molecule has 1 saturated carbocycles. The van der Waals surface area contributed by atoms with Crippen LogP contribution in [0.2, 0.25) is 0 Å². The molecule has 3 rings (SSSR count). The third-order valence-corrected chi connectivity index (χ3v) is 6.45. The van der Waals surface area contributed by atoms with Crippen LogP contribution in [0.1, 0.15) is 37.7 Å². The maximum absolute atomic E-state index is 12.8. The molecular formula is C15H18N2O2S. The molecular weight excluding hydrogens is 272 g/mol. The number of nitrogens with zero attached hydrogens (tertiary/aromatic N) is 2. The molecule has 2 atom stereocenters. The Morgan fingerprint density at radius 2 is 2.00 bits per heavy atom. The Balaban J connectivity index is 1.94. The van der Waals surface area contributed by atoms with Crippen LogP contribution >= 0.6 is 0 Å². The fraction of sp³-hybridized carbons (Fsp3) is 0.533. The van der Waals surface area contributed by atoms with Crippen molar-refractivity contribution >= 4 is 10.0 Å². The molecule has 106 valence electrons. The highest BCUT2D eigenvalue weighted by Crippen LogP contribution is 2.39. The van der Waals surface area contributed by atoms with Gasteiger partial charge in [-0.25, -0.2) is 8.42 Å². The van der Waals surface area contributed by atoms with Gasteiger partial charge in [0.1, 0.15) is 0 Å². The van der Waals surface area contributed by atoms with E-state index in [1.165, 1.54) is 12.5 Å². The SMILES string of the molecule is N#Cc1cccc(S(=O)(=O)N2CCC3CCCCC32)c1. The van der Waals surface area contributed by atoms with Gasteiger partial charge in [0.25, 0.3) is 0 Å². The van der Waals surface area contributed by atoms with Crippen LogP contribution in [0.3, 0.4) is 0 Å². The van der Waals surface area contributed by atoms with Crippen molar-refractivity contribution in [1.29, 1.82) is 5.26 Å². The lowest BCUT2D eigenvalue weighted by molar-refractivity contribution is 0.260. The number of benzene rings is 1. The van der Waals surface area contributed by atoms with Crippen LogP contribution in [0.5, 0.6) is 0 Å². The standard InChI is InChI=1S/C15H18N2O2S/c16-11-12-4-3-6-14(10-12)20(18,19)17-9-8-13-5-1-2-7-15(13)17/h3-4,6,10,13,15H,1-2,5,7-9H2. The van der Waals surface area contributed by atoms with Gasteiger partial charge < -0.3 is 0 Å². The van der Waals surface area contributed by atoms with Gasteiger partial charge in [-0.2, -0.15) is 9.57 Å². The number of sulfonamides is 1. The minimum absolute atomic E-state index is 0.166. The Morgan fingerprint density at radius 1 is 1.20 bits per heavy atom. The molecule has 2 aliphatic rings. The maximum Gasteiger partial charge on any atom is 0.243 e. The Hall–Kier alpha value is -1.38. The molecule has 1 aromatic carbocycles. The van der Waals surface area contributed by atoms with Gasteiger partial charge in [-0.15, -0.1) is 0 Å². The van der Waals surface area contributed by atoms with E-state index in [9.17, 15) is 8.42 Å². The highest BCUT2D eigenvalue weighted by molar-refractivity contribution is 7.89. The summed E-state index contributed by atoms with van der Waals surface area (Å²) in [4.78, 5) is 0.253. The molecule has 1 aliphatic heterocycles. The first kappa shape index (κ1) is 13.6. The summed E-state index contributed by atoms with van der Waals surface area (Å²) in [6, 6.07) is 8.51. The summed E-state index contributed by atoms with van der Waals surface area (Å²) in [5.74, 6) is 0.526. The molecule has 0 bridgehead atoms. The summed E-state index contributed by atoms with van der Waals surface area (Å²) in [7, 11) is -3.46. The second-order valence-electron chi connectivity index (χ2n) is 5.66. The van der Waals surface area contributed by atoms with E-state index in [4.69, 9.17) is 5.26 Å². The summed E-state index contributed by atoms with van der Waals surface area (Å²) in [5.41, 5.74) is 0.394. The number of nitriles is 1. The molecule has 1 aromatic rings. The summed E-state index contributed by atoms with van der Waals surface area (Å²) in [5, 5.41) is 8.92. The zero-order valence-corrected chi connectivity index (χ0v) is 12.1. The molecule has 1 aliphatic carbocycles. The number of hydrogen-bond acceptors (Lipinski definition) is 3. The normalized spacial score (nSPS) is 26.9.